The molecule has 2 rings (SSSR count). The molecule has 0 bridgehead atoms. The average Bonchev–Trinajstić information content (AvgIpc) is 2.96. The summed E-state index contributed by atoms with van der Waals surface area (Å²) in [5, 5.41) is 6.55. The molecule has 1 aliphatic heterocycles. The number of aromatic nitrogens is 1. The van der Waals surface area contributed by atoms with Gasteiger partial charge in [-0.1, -0.05) is 25.4 Å². The first kappa shape index (κ1) is 17.9. The van der Waals surface area contributed by atoms with Crippen LogP contribution >= 0.6 is 0 Å². The number of nitrogens with zero attached hydrogens (tertiary/aromatic N) is 2. The average molecular weight is 343 g/mol. The summed E-state index contributed by atoms with van der Waals surface area (Å²) in [5.74, 6) is 0.558. The van der Waals surface area contributed by atoms with Gasteiger partial charge in [0.05, 0.1) is 6.26 Å². The number of piperidine rings is 1. The van der Waals surface area contributed by atoms with Crippen LogP contribution in [0.2, 0.25) is 0 Å². The normalized spacial score (nSPS) is 19.9. The third kappa shape index (κ3) is 4.78. The number of rotatable bonds is 6. The Balaban J connectivity index is 1.86. The number of amides is 1. The lowest BCUT2D eigenvalue weighted by Gasteiger charge is -2.33. The van der Waals surface area contributed by atoms with Gasteiger partial charge in [0, 0.05) is 31.1 Å². The van der Waals surface area contributed by atoms with Gasteiger partial charge in [-0.15, -0.1) is 0 Å². The number of hydrogen-bond donors (Lipinski definition) is 1. The fourth-order valence-corrected chi connectivity index (χ4v) is 4.02. The molecule has 0 spiro atoms. The summed E-state index contributed by atoms with van der Waals surface area (Å²) in [6, 6.07) is 1.60. The number of sulfonamides is 1. The monoisotopic (exact) mass is 343 g/mol. The van der Waals surface area contributed by atoms with E-state index in [0.717, 1.165) is 19.3 Å². The van der Waals surface area contributed by atoms with Gasteiger partial charge in [0.1, 0.15) is 5.76 Å². The van der Waals surface area contributed by atoms with Crippen molar-refractivity contribution in [1.82, 2.24) is 14.8 Å². The van der Waals surface area contributed by atoms with Crippen molar-refractivity contribution in [3.05, 3.63) is 17.5 Å². The highest BCUT2D eigenvalue weighted by Crippen LogP contribution is 2.22. The van der Waals surface area contributed by atoms with Crippen molar-refractivity contribution in [2.75, 3.05) is 19.3 Å². The molecule has 0 unspecified atom stereocenters. The van der Waals surface area contributed by atoms with Crippen LogP contribution in [0.4, 0.5) is 0 Å². The largest absolute Gasteiger partial charge is 0.360 e. The van der Waals surface area contributed by atoms with Crippen LogP contribution in [-0.2, 0) is 10.0 Å². The van der Waals surface area contributed by atoms with Crippen LogP contribution in [0.5, 0.6) is 0 Å². The van der Waals surface area contributed by atoms with Gasteiger partial charge in [-0.05, 0) is 19.3 Å². The van der Waals surface area contributed by atoms with Gasteiger partial charge >= 0.3 is 0 Å². The summed E-state index contributed by atoms with van der Waals surface area (Å²) in [6.07, 6.45) is 4.60. The van der Waals surface area contributed by atoms with Gasteiger partial charge in [0.15, 0.2) is 5.69 Å². The molecular weight excluding hydrogens is 318 g/mol. The van der Waals surface area contributed by atoms with E-state index in [1.807, 2.05) is 13.8 Å². The molecule has 1 saturated heterocycles. The summed E-state index contributed by atoms with van der Waals surface area (Å²) in [7, 11) is -3.19. The Morgan fingerprint density at radius 2 is 2.22 bits per heavy atom. The summed E-state index contributed by atoms with van der Waals surface area (Å²) in [4.78, 5) is 12.0. The van der Waals surface area contributed by atoms with E-state index in [1.165, 1.54) is 6.26 Å². The van der Waals surface area contributed by atoms with Gasteiger partial charge in [-0.2, -0.15) is 4.31 Å². The Labute approximate surface area is 137 Å². The minimum atomic E-state index is -3.19. The van der Waals surface area contributed by atoms with E-state index in [0.29, 0.717) is 25.3 Å². The number of nitrogens with one attached hydrogen (secondary N) is 1. The highest BCUT2D eigenvalue weighted by molar-refractivity contribution is 7.88. The van der Waals surface area contributed by atoms with Crippen molar-refractivity contribution in [2.24, 2.45) is 0 Å². The maximum absolute atomic E-state index is 12.0. The molecule has 1 aromatic heterocycles. The zero-order chi connectivity index (χ0) is 17.0. The molecule has 8 heteroatoms. The van der Waals surface area contributed by atoms with Gasteiger partial charge < -0.3 is 9.84 Å². The molecule has 1 amide bonds. The molecule has 130 valence electrons. The van der Waals surface area contributed by atoms with Crippen LogP contribution in [0.1, 0.15) is 61.7 Å². The van der Waals surface area contributed by atoms with Crippen molar-refractivity contribution in [2.45, 2.75) is 51.5 Å². The molecule has 1 atom stereocenters. The smallest absolute Gasteiger partial charge is 0.273 e. The van der Waals surface area contributed by atoms with Crippen molar-refractivity contribution in [1.29, 1.82) is 0 Å². The SMILES string of the molecule is CC(C)c1cc(C(=O)NCC[C@H]2CCCCN2S(C)(=O)=O)no1. The first-order chi connectivity index (χ1) is 10.8. The second-order valence-electron chi connectivity index (χ2n) is 6.34. The zero-order valence-electron chi connectivity index (χ0n) is 13.9. The van der Waals surface area contributed by atoms with Crippen LogP contribution in [0.15, 0.2) is 10.6 Å². The van der Waals surface area contributed by atoms with Crippen LogP contribution in [0.25, 0.3) is 0 Å². The second-order valence-corrected chi connectivity index (χ2v) is 8.27. The Morgan fingerprint density at radius 1 is 1.48 bits per heavy atom. The Kier molecular flexibility index (Phi) is 5.80. The van der Waals surface area contributed by atoms with Crippen molar-refractivity contribution in [3.63, 3.8) is 0 Å². The Bertz CT molecular complexity index is 639. The predicted molar refractivity (Wildman–Crippen MR) is 86.7 cm³/mol. The molecule has 1 N–H and O–H groups in total. The summed E-state index contributed by atoms with van der Waals surface area (Å²) >= 11 is 0. The maximum atomic E-state index is 12.0. The van der Waals surface area contributed by atoms with Gasteiger partial charge in [0.25, 0.3) is 5.91 Å². The fraction of sp³-hybridized carbons (Fsp3) is 0.733. The first-order valence-electron chi connectivity index (χ1n) is 8.00. The molecule has 1 fully saturated rings. The molecule has 1 aromatic rings. The number of carbonyl (C=O) groups is 1. The summed E-state index contributed by atoms with van der Waals surface area (Å²) in [6.45, 7) is 4.91. The van der Waals surface area contributed by atoms with Gasteiger partial charge in [0.2, 0.25) is 10.0 Å². The molecule has 0 saturated carbocycles. The van der Waals surface area contributed by atoms with Gasteiger partial charge in [-0.3, -0.25) is 4.79 Å². The van der Waals surface area contributed by atoms with Gasteiger partial charge in [-0.25, -0.2) is 8.42 Å². The van der Waals surface area contributed by atoms with Crippen LogP contribution in [0, 0.1) is 0 Å². The fourth-order valence-electron chi connectivity index (χ4n) is 2.81. The topological polar surface area (TPSA) is 92.5 Å². The van der Waals surface area contributed by atoms with E-state index in [4.69, 9.17) is 4.52 Å². The molecular formula is C15H25N3O4S. The molecule has 1 aliphatic rings. The van der Waals surface area contributed by atoms with E-state index in [-0.39, 0.29) is 23.6 Å². The van der Waals surface area contributed by atoms with Crippen LogP contribution in [0.3, 0.4) is 0 Å². The van der Waals surface area contributed by atoms with Crippen LogP contribution < -0.4 is 5.32 Å². The third-order valence-corrected chi connectivity index (χ3v) is 5.42. The maximum Gasteiger partial charge on any atom is 0.273 e. The third-order valence-electron chi connectivity index (χ3n) is 4.09. The standard InChI is InChI=1S/C15H25N3O4S/c1-11(2)14-10-13(17-22-14)15(19)16-8-7-12-6-4-5-9-18(12)23(3,20)21/h10-12H,4-9H2,1-3H3,(H,16,19)/t12-/m1/s1. The molecule has 7 nitrogen and oxygen atoms in total. The van der Waals surface area contributed by atoms with E-state index >= 15 is 0 Å². The van der Waals surface area contributed by atoms with Crippen molar-refractivity contribution in [3.8, 4) is 0 Å². The zero-order valence-corrected chi connectivity index (χ0v) is 14.7. The number of carbonyl (C=O) groups excluding carboxylic acids is 1. The van der Waals surface area contributed by atoms with Crippen LogP contribution in [-0.4, -0.2) is 49.2 Å². The minimum absolute atomic E-state index is 0.0393. The lowest BCUT2D eigenvalue weighted by atomic mass is 10.0. The Morgan fingerprint density at radius 3 is 2.83 bits per heavy atom. The number of hydrogen-bond acceptors (Lipinski definition) is 5. The molecule has 0 aliphatic carbocycles. The lowest BCUT2D eigenvalue weighted by molar-refractivity contribution is 0.0940. The summed E-state index contributed by atoms with van der Waals surface area (Å²) < 4.78 is 30.3. The first-order valence-corrected chi connectivity index (χ1v) is 9.85. The van der Waals surface area contributed by atoms with E-state index < -0.39 is 10.0 Å². The van der Waals surface area contributed by atoms with Crippen molar-refractivity contribution >= 4 is 15.9 Å². The summed E-state index contributed by atoms with van der Waals surface area (Å²) in [5.41, 5.74) is 0.261. The molecule has 23 heavy (non-hydrogen) atoms. The van der Waals surface area contributed by atoms with E-state index in [2.05, 4.69) is 10.5 Å². The second kappa shape index (κ2) is 7.44. The predicted octanol–water partition coefficient (Wildman–Crippen LogP) is 1.73. The van der Waals surface area contributed by atoms with E-state index in [1.54, 1.807) is 10.4 Å². The molecule has 0 radical (unpaired) electrons. The van der Waals surface area contributed by atoms with E-state index in [9.17, 15) is 13.2 Å². The van der Waals surface area contributed by atoms with Crippen molar-refractivity contribution < 1.29 is 17.7 Å². The quantitative estimate of drug-likeness (QED) is 0.849. The lowest BCUT2D eigenvalue weighted by Crippen LogP contribution is -2.44. The highest BCUT2D eigenvalue weighted by Gasteiger charge is 2.29. The molecule has 2 heterocycles. The Hall–Kier alpha value is -1.41. The molecule has 0 aromatic carbocycles. The minimum Gasteiger partial charge on any atom is -0.360 e. The highest BCUT2D eigenvalue weighted by atomic mass is 32.2.